The molecule has 4 rings (SSSR count). The van der Waals surface area contributed by atoms with Crippen LogP contribution < -0.4 is 10.1 Å². The monoisotopic (exact) mass is 472 g/mol. The highest BCUT2D eigenvalue weighted by Gasteiger charge is 2.37. The van der Waals surface area contributed by atoms with Crippen LogP contribution in [0.4, 0.5) is 0 Å². The number of ether oxygens (including phenoxy) is 1. The number of carbonyl (C=O) groups excluding carboxylic acids is 1. The van der Waals surface area contributed by atoms with E-state index in [-0.39, 0.29) is 17.3 Å². The molecule has 1 N–H and O–H groups in total. The molecule has 3 aromatic rings. The van der Waals surface area contributed by atoms with Crippen LogP contribution in [0.2, 0.25) is 5.02 Å². The smallest absolute Gasteiger partial charge is 0.244 e. The molecule has 6 nitrogen and oxygen atoms in total. The van der Waals surface area contributed by atoms with Crippen LogP contribution in [0.5, 0.6) is 5.75 Å². The molecule has 168 valence electrons. The second-order valence-electron chi connectivity index (χ2n) is 7.77. The molecule has 1 fully saturated rings. The maximum atomic E-state index is 13.8. The van der Waals surface area contributed by atoms with Gasteiger partial charge in [-0.25, -0.2) is 8.42 Å². The Morgan fingerprint density at radius 3 is 2.56 bits per heavy atom. The summed E-state index contributed by atoms with van der Waals surface area (Å²) < 4.78 is 34.5. The van der Waals surface area contributed by atoms with Crippen LogP contribution in [0.25, 0.3) is 10.8 Å². The third-order valence-electron chi connectivity index (χ3n) is 5.81. The van der Waals surface area contributed by atoms with Gasteiger partial charge in [0.05, 0.1) is 12.0 Å². The van der Waals surface area contributed by atoms with E-state index in [1.165, 1.54) is 28.6 Å². The molecule has 0 saturated carbocycles. The van der Waals surface area contributed by atoms with E-state index in [4.69, 9.17) is 16.3 Å². The van der Waals surface area contributed by atoms with Crippen molar-refractivity contribution in [2.75, 3.05) is 13.7 Å². The van der Waals surface area contributed by atoms with Gasteiger partial charge in [0.2, 0.25) is 15.9 Å². The summed E-state index contributed by atoms with van der Waals surface area (Å²) in [5, 5.41) is 5.16. The Kier molecular flexibility index (Phi) is 6.69. The highest BCUT2D eigenvalue weighted by molar-refractivity contribution is 7.89. The number of hydrogen-bond acceptors (Lipinski definition) is 4. The molecule has 1 aliphatic rings. The van der Waals surface area contributed by atoms with E-state index < -0.39 is 16.1 Å². The van der Waals surface area contributed by atoms with Gasteiger partial charge in [-0.3, -0.25) is 4.79 Å². The molecule has 1 heterocycles. The van der Waals surface area contributed by atoms with Crippen molar-refractivity contribution >= 4 is 38.3 Å². The molecule has 8 heteroatoms. The molecular weight excluding hydrogens is 448 g/mol. The zero-order chi connectivity index (χ0) is 22.7. The summed E-state index contributed by atoms with van der Waals surface area (Å²) in [6.07, 6.45) is 2.02. The number of benzene rings is 3. The van der Waals surface area contributed by atoms with Gasteiger partial charge in [0.1, 0.15) is 11.8 Å². The largest absolute Gasteiger partial charge is 0.496 e. The first-order chi connectivity index (χ1) is 15.4. The number of halogens is 1. The van der Waals surface area contributed by atoms with Crippen molar-refractivity contribution < 1.29 is 17.9 Å². The van der Waals surface area contributed by atoms with Gasteiger partial charge in [-0.1, -0.05) is 41.9 Å². The molecule has 0 aliphatic carbocycles. The molecule has 1 atom stereocenters. The Balaban J connectivity index is 1.86. The summed E-state index contributed by atoms with van der Waals surface area (Å²) in [7, 11) is -2.44. The number of nitrogens with one attached hydrogen (secondary N) is 1. The van der Waals surface area contributed by atoms with E-state index in [0.29, 0.717) is 23.7 Å². The average Bonchev–Trinajstić information content (AvgIpc) is 3.01. The SMILES string of the molecule is COc1ccc2ccccc2c1CN(C1CCCCNC1=O)S(=O)(=O)c1ccc(Cl)cc1. The summed E-state index contributed by atoms with van der Waals surface area (Å²) in [5.74, 6) is 0.299. The lowest BCUT2D eigenvalue weighted by molar-refractivity contribution is -0.124. The van der Waals surface area contributed by atoms with Gasteiger partial charge in [-0.05, 0) is 60.4 Å². The number of rotatable bonds is 6. The number of amides is 1. The van der Waals surface area contributed by atoms with E-state index in [1.54, 1.807) is 7.11 Å². The zero-order valence-electron chi connectivity index (χ0n) is 17.8. The predicted octanol–water partition coefficient (Wildman–Crippen LogP) is 4.36. The van der Waals surface area contributed by atoms with Crippen LogP contribution in [0.3, 0.4) is 0 Å². The van der Waals surface area contributed by atoms with Crippen molar-refractivity contribution in [1.29, 1.82) is 0 Å². The first-order valence-corrected chi connectivity index (χ1v) is 12.3. The summed E-state index contributed by atoms with van der Waals surface area (Å²) in [4.78, 5) is 13.0. The fourth-order valence-electron chi connectivity index (χ4n) is 4.13. The molecule has 1 saturated heterocycles. The molecule has 0 aromatic heterocycles. The van der Waals surface area contributed by atoms with Crippen molar-refractivity contribution in [3.8, 4) is 5.75 Å². The van der Waals surface area contributed by atoms with Crippen LogP contribution in [0.1, 0.15) is 24.8 Å². The van der Waals surface area contributed by atoms with Gasteiger partial charge in [0, 0.05) is 23.7 Å². The number of hydrogen-bond donors (Lipinski definition) is 1. The van der Waals surface area contributed by atoms with Crippen LogP contribution in [-0.4, -0.2) is 38.3 Å². The molecule has 3 aromatic carbocycles. The highest BCUT2D eigenvalue weighted by Crippen LogP contribution is 2.33. The minimum atomic E-state index is -4.00. The number of sulfonamides is 1. The first-order valence-electron chi connectivity index (χ1n) is 10.5. The lowest BCUT2D eigenvalue weighted by Crippen LogP contribution is -2.48. The van der Waals surface area contributed by atoms with Crippen LogP contribution in [0, 0.1) is 0 Å². The Morgan fingerprint density at radius 2 is 1.81 bits per heavy atom. The van der Waals surface area contributed by atoms with Gasteiger partial charge in [-0.15, -0.1) is 0 Å². The summed E-state index contributed by atoms with van der Waals surface area (Å²) >= 11 is 5.98. The fourth-order valence-corrected chi connectivity index (χ4v) is 5.84. The minimum absolute atomic E-state index is 0.00751. The fraction of sp³-hybridized carbons (Fsp3) is 0.292. The zero-order valence-corrected chi connectivity index (χ0v) is 19.3. The lowest BCUT2D eigenvalue weighted by atomic mass is 10.0. The Labute approximate surface area is 193 Å². The molecule has 1 aliphatic heterocycles. The van der Waals surface area contributed by atoms with Crippen LogP contribution >= 0.6 is 11.6 Å². The Bertz CT molecular complexity index is 1230. The van der Waals surface area contributed by atoms with Crippen molar-refractivity contribution in [2.24, 2.45) is 0 Å². The molecule has 32 heavy (non-hydrogen) atoms. The van der Waals surface area contributed by atoms with E-state index in [1.807, 2.05) is 36.4 Å². The van der Waals surface area contributed by atoms with E-state index in [0.717, 1.165) is 29.2 Å². The van der Waals surface area contributed by atoms with Crippen molar-refractivity contribution in [1.82, 2.24) is 9.62 Å². The van der Waals surface area contributed by atoms with Gasteiger partial charge in [0.15, 0.2) is 0 Å². The van der Waals surface area contributed by atoms with Gasteiger partial charge in [-0.2, -0.15) is 4.31 Å². The Hall–Kier alpha value is -2.61. The number of carbonyl (C=O) groups is 1. The highest BCUT2D eigenvalue weighted by atomic mass is 35.5. The second-order valence-corrected chi connectivity index (χ2v) is 10.1. The maximum Gasteiger partial charge on any atom is 0.244 e. The topological polar surface area (TPSA) is 75.7 Å². The minimum Gasteiger partial charge on any atom is -0.496 e. The molecule has 0 radical (unpaired) electrons. The molecule has 1 unspecified atom stereocenters. The third kappa shape index (κ3) is 4.46. The standard InChI is InChI=1S/C24H25ClN2O4S/c1-31-23-14-9-17-6-2-3-7-20(17)21(23)16-27(22-8-4-5-15-26-24(22)28)32(29,30)19-12-10-18(25)11-13-19/h2-3,6-7,9-14,22H,4-5,8,15-16H2,1H3,(H,26,28). The summed E-state index contributed by atoms with van der Waals surface area (Å²) in [6.45, 7) is 0.551. The average molecular weight is 473 g/mol. The van der Waals surface area contributed by atoms with Gasteiger partial charge in [0.25, 0.3) is 0 Å². The van der Waals surface area contributed by atoms with Crippen LogP contribution in [0.15, 0.2) is 65.6 Å². The van der Waals surface area contributed by atoms with Crippen molar-refractivity contribution in [3.05, 3.63) is 71.2 Å². The van der Waals surface area contributed by atoms with Crippen molar-refractivity contribution in [3.63, 3.8) is 0 Å². The van der Waals surface area contributed by atoms with E-state index >= 15 is 0 Å². The van der Waals surface area contributed by atoms with Crippen molar-refractivity contribution in [2.45, 2.75) is 36.7 Å². The second kappa shape index (κ2) is 9.48. The predicted molar refractivity (Wildman–Crippen MR) is 125 cm³/mol. The van der Waals surface area contributed by atoms with Crippen LogP contribution in [-0.2, 0) is 21.4 Å². The number of methoxy groups -OCH3 is 1. The summed E-state index contributed by atoms with van der Waals surface area (Å²) in [6, 6.07) is 16.7. The van der Waals surface area contributed by atoms with E-state index in [9.17, 15) is 13.2 Å². The molecule has 1 amide bonds. The number of nitrogens with zero attached hydrogens (tertiary/aromatic N) is 1. The van der Waals surface area contributed by atoms with E-state index in [2.05, 4.69) is 5.32 Å². The number of fused-ring (bicyclic) bond motifs is 1. The molecule has 0 bridgehead atoms. The quantitative estimate of drug-likeness (QED) is 0.578. The summed E-state index contributed by atoms with van der Waals surface area (Å²) in [5.41, 5.74) is 0.722. The van der Waals surface area contributed by atoms with Gasteiger partial charge >= 0.3 is 0 Å². The maximum absolute atomic E-state index is 13.8. The third-order valence-corrected chi connectivity index (χ3v) is 7.93. The lowest BCUT2D eigenvalue weighted by Gasteiger charge is -2.30. The Morgan fingerprint density at radius 1 is 1.06 bits per heavy atom. The normalized spacial score (nSPS) is 17.2. The molecular formula is C24H25ClN2O4S. The van der Waals surface area contributed by atoms with Gasteiger partial charge < -0.3 is 10.1 Å². The molecule has 0 spiro atoms. The first kappa shape index (κ1) is 22.6.